The lowest BCUT2D eigenvalue weighted by molar-refractivity contribution is 0.0946. The van der Waals surface area contributed by atoms with Gasteiger partial charge in [0.2, 0.25) is 0 Å². The van der Waals surface area contributed by atoms with Gasteiger partial charge in [-0.25, -0.2) is 4.39 Å². The lowest BCUT2D eigenvalue weighted by atomic mass is 10.1. The van der Waals surface area contributed by atoms with Crippen molar-refractivity contribution in [3.63, 3.8) is 0 Å². The van der Waals surface area contributed by atoms with Crippen molar-refractivity contribution >= 4 is 28.5 Å². The van der Waals surface area contributed by atoms with Gasteiger partial charge in [0.15, 0.2) is 0 Å². The fraction of sp³-hybridized carbons (Fsp3) is 0.417. The Morgan fingerprint density at radius 3 is 2.88 bits per heavy atom. The van der Waals surface area contributed by atoms with Crippen molar-refractivity contribution in [1.82, 2.24) is 5.32 Å². The van der Waals surface area contributed by atoms with E-state index in [-0.39, 0.29) is 11.3 Å². The highest BCUT2D eigenvalue weighted by Gasteiger charge is 2.16. The zero-order chi connectivity index (χ0) is 12.7. The summed E-state index contributed by atoms with van der Waals surface area (Å²) in [5.74, 6) is -0.722. The van der Waals surface area contributed by atoms with Crippen LogP contribution in [0.15, 0.2) is 18.2 Å². The zero-order valence-corrected chi connectivity index (χ0v) is 11.8. The van der Waals surface area contributed by atoms with E-state index >= 15 is 0 Å². The van der Waals surface area contributed by atoms with E-state index in [1.54, 1.807) is 6.07 Å². The molecule has 0 bridgehead atoms. The van der Waals surface area contributed by atoms with Crippen molar-refractivity contribution < 1.29 is 13.9 Å². The first-order valence-corrected chi connectivity index (χ1v) is 6.90. The quantitative estimate of drug-likeness (QED) is 0.486. The summed E-state index contributed by atoms with van der Waals surface area (Å²) in [6, 6.07) is 4.34. The molecule has 5 heteroatoms. The van der Waals surface area contributed by atoms with E-state index in [9.17, 15) is 9.18 Å². The van der Waals surface area contributed by atoms with E-state index in [1.807, 2.05) is 0 Å². The Morgan fingerprint density at radius 2 is 2.24 bits per heavy atom. The maximum absolute atomic E-state index is 13.5. The maximum atomic E-state index is 13.5. The van der Waals surface area contributed by atoms with E-state index in [1.165, 1.54) is 19.2 Å². The minimum absolute atomic E-state index is 0.0236. The summed E-state index contributed by atoms with van der Waals surface area (Å²) in [5, 5.41) is 2.69. The number of alkyl halides is 1. The number of amides is 1. The van der Waals surface area contributed by atoms with Crippen LogP contribution in [0.4, 0.5) is 4.39 Å². The SMILES string of the molecule is COc1cccc(F)c1C(=O)NCCCCI. The lowest BCUT2D eigenvalue weighted by Gasteiger charge is -2.09. The molecule has 1 rings (SSSR count). The van der Waals surface area contributed by atoms with Gasteiger partial charge in [0.05, 0.1) is 7.11 Å². The second-order valence-corrected chi connectivity index (χ2v) is 4.55. The van der Waals surface area contributed by atoms with Gasteiger partial charge in [-0.3, -0.25) is 4.79 Å². The van der Waals surface area contributed by atoms with Gasteiger partial charge < -0.3 is 10.1 Å². The van der Waals surface area contributed by atoms with Crippen LogP contribution in [0, 0.1) is 5.82 Å². The van der Waals surface area contributed by atoms with E-state index in [0.29, 0.717) is 6.54 Å². The van der Waals surface area contributed by atoms with Crippen molar-refractivity contribution in [1.29, 1.82) is 0 Å². The van der Waals surface area contributed by atoms with Gasteiger partial charge in [-0.05, 0) is 29.4 Å². The third-order valence-electron chi connectivity index (χ3n) is 2.27. The molecule has 0 aliphatic heterocycles. The van der Waals surface area contributed by atoms with Crippen LogP contribution in [0.1, 0.15) is 23.2 Å². The predicted octanol–water partition coefficient (Wildman–Crippen LogP) is 2.78. The van der Waals surface area contributed by atoms with Crippen molar-refractivity contribution in [2.45, 2.75) is 12.8 Å². The fourth-order valence-electron chi connectivity index (χ4n) is 1.40. The van der Waals surface area contributed by atoms with Crippen LogP contribution in [-0.4, -0.2) is 24.0 Å². The van der Waals surface area contributed by atoms with Gasteiger partial charge in [-0.1, -0.05) is 28.7 Å². The first kappa shape index (κ1) is 14.2. The minimum Gasteiger partial charge on any atom is -0.496 e. The molecule has 17 heavy (non-hydrogen) atoms. The molecule has 94 valence electrons. The molecule has 0 fully saturated rings. The van der Waals surface area contributed by atoms with E-state index in [4.69, 9.17) is 4.74 Å². The monoisotopic (exact) mass is 351 g/mol. The summed E-state index contributed by atoms with van der Waals surface area (Å²) in [6.07, 6.45) is 1.93. The van der Waals surface area contributed by atoms with E-state index in [0.717, 1.165) is 17.3 Å². The molecule has 0 aliphatic rings. The molecule has 0 unspecified atom stereocenters. The number of nitrogens with one attached hydrogen (secondary N) is 1. The first-order chi connectivity index (χ1) is 8.20. The Morgan fingerprint density at radius 1 is 1.47 bits per heavy atom. The van der Waals surface area contributed by atoms with Gasteiger partial charge >= 0.3 is 0 Å². The van der Waals surface area contributed by atoms with Crippen molar-refractivity contribution in [3.8, 4) is 5.75 Å². The van der Waals surface area contributed by atoms with Gasteiger partial charge in [0, 0.05) is 6.54 Å². The number of unbranched alkanes of at least 4 members (excludes halogenated alkanes) is 1. The highest BCUT2D eigenvalue weighted by Crippen LogP contribution is 2.20. The molecule has 0 radical (unpaired) electrons. The summed E-state index contributed by atoms with van der Waals surface area (Å²) in [5.41, 5.74) is -0.0236. The molecule has 0 heterocycles. The van der Waals surface area contributed by atoms with Crippen LogP contribution < -0.4 is 10.1 Å². The summed E-state index contributed by atoms with van der Waals surface area (Å²) < 4.78 is 19.5. The van der Waals surface area contributed by atoms with E-state index < -0.39 is 11.7 Å². The number of methoxy groups -OCH3 is 1. The Bertz CT molecular complexity index is 385. The van der Waals surface area contributed by atoms with Gasteiger partial charge in [0.25, 0.3) is 5.91 Å². The summed E-state index contributed by atoms with van der Waals surface area (Å²) in [6.45, 7) is 0.555. The van der Waals surface area contributed by atoms with Crippen molar-refractivity contribution in [2.24, 2.45) is 0 Å². The topological polar surface area (TPSA) is 38.3 Å². The Hall–Kier alpha value is -0.850. The summed E-state index contributed by atoms with van der Waals surface area (Å²) in [4.78, 5) is 11.8. The van der Waals surface area contributed by atoms with E-state index in [2.05, 4.69) is 27.9 Å². The zero-order valence-electron chi connectivity index (χ0n) is 9.63. The third kappa shape index (κ3) is 4.14. The minimum atomic E-state index is -0.559. The molecule has 1 amide bonds. The maximum Gasteiger partial charge on any atom is 0.258 e. The normalized spacial score (nSPS) is 10.1. The second kappa shape index (κ2) is 7.47. The molecule has 1 aromatic rings. The first-order valence-electron chi connectivity index (χ1n) is 5.37. The van der Waals surface area contributed by atoms with Crippen LogP contribution in [-0.2, 0) is 0 Å². The molecule has 3 nitrogen and oxygen atoms in total. The molecule has 0 aliphatic carbocycles. The Labute approximate surface area is 114 Å². The highest BCUT2D eigenvalue weighted by molar-refractivity contribution is 14.1. The van der Waals surface area contributed by atoms with Gasteiger partial charge in [-0.15, -0.1) is 0 Å². The predicted molar refractivity (Wildman–Crippen MR) is 73.4 cm³/mol. The fourth-order valence-corrected chi connectivity index (χ4v) is 1.94. The number of ether oxygens (including phenoxy) is 1. The van der Waals surface area contributed by atoms with Crippen LogP contribution >= 0.6 is 22.6 Å². The Balaban J connectivity index is 2.68. The van der Waals surface area contributed by atoms with Crippen LogP contribution in [0.2, 0.25) is 0 Å². The van der Waals surface area contributed by atoms with Gasteiger partial charge in [-0.2, -0.15) is 0 Å². The van der Waals surface area contributed by atoms with Crippen molar-refractivity contribution in [3.05, 3.63) is 29.6 Å². The number of hydrogen-bond donors (Lipinski definition) is 1. The third-order valence-corrected chi connectivity index (χ3v) is 3.03. The number of rotatable bonds is 6. The Kier molecular flexibility index (Phi) is 6.25. The van der Waals surface area contributed by atoms with Crippen LogP contribution in [0.3, 0.4) is 0 Å². The largest absolute Gasteiger partial charge is 0.496 e. The average Bonchev–Trinajstić information content (AvgIpc) is 2.34. The molecular formula is C12H15FINO2. The lowest BCUT2D eigenvalue weighted by Crippen LogP contribution is -2.26. The molecule has 0 aromatic heterocycles. The number of hydrogen-bond acceptors (Lipinski definition) is 2. The van der Waals surface area contributed by atoms with Crippen LogP contribution in [0.25, 0.3) is 0 Å². The number of carbonyl (C=O) groups excluding carboxylic acids is 1. The molecule has 0 saturated heterocycles. The van der Waals surface area contributed by atoms with Gasteiger partial charge in [0.1, 0.15) is 17.1 Å². The molecule has 0 atom stereocenters. The summed E-state index contributed by atoms with van der Waals surface area (Å²) >= 11 is 2.28. The highest BCUT2D eigenvalue weighted by atomic mass is 127. The molecule has 1 N–H and O–H groups in total. The molecular weight excluding hydrogens is 336 g/mol. The standard InChI is InChI=1S/C12H15FINO2/c1-17-10-6-4-5-9(13)11(10)12(16)15-8-3-2-7-14/h4-6H,2-3,7-8H2,1H3,(H,15,16). The molecule has 0 saturated carbocycles. The number of halogens is 2. The smallest absolute Gasteiger partial charge is 0.258 e. The average molecular weight is 351 g/mol. The molecule has 0 spiro atoms. The second-order valence-electron chi connectivity index (χ2n) is 3.47. The molecule has 1 aromatic carbocycles. The number of benzene rings is 1. The summed E-state index contributed by atoms with van der Waals surface area (Å²) in [7, 11) is 1.42. The van der Waals surface area contributed by atoms with Crippen LogP contribution in [0.5, 0.6) is 5.75 Å². The van der Waals surface area contributed by atoms with Crippen molar-refractivity contribution in [2.75, 3.05) is 18.1 Å². The number of carbonyl (C=O) groups is 1.